The number of phosphoric acid groups is 1. The van der Waals surface area contributed by atoms with E-state index in [-0.39, 0.29) is 6.42 Å². The minimum atomic E-state index is -4.64. The molecule has 98 valence electrons. The first-order valence-corrected chi connectivity index (χ1v) is 5.57. The van der Waals surface area contributed by atoms with E-state index in [0.29, 0.717) is 6.29 Å². The molecule has 0 fully saturated rings. The molecule has 0 bridgehead atoms. The monoisotopic (exact) mass is 262 g/mol. The fraction of sp³-hybridized carbons (Fsp3) is 0.833. The van der Waals surface area contributed by atoms with Gasteiger partial charge in [-0.25, -0.2) is 4.57 Å². The maximum atomic E-state index is 9.82. The molecule has 0 aromatic rings. The van der Waals surface area contributed by atoms with E-state index < -0.39 is 32.7 Å². The molecule has 0 aliphatic rings. The standard InChI is InChI=1S/C6H12O5.H3O4P/c7-2-1-4(9)6(11)5(10)3-8;1-5(2,3)4/h2,4-6,8-11H,1,3H2;(H3,1,2,3,4). The number of hydrogen-bond donors (Lipinski definition) is 7. The molecule has 16 heavy (non-hydrogen) atoms. The molecular weight excluding hydrogens is 247 g/mol. The molecule has 0 aromatic carbocycles. The Hall–Kier alpha value is -0.380. The topological polar surface area (TPSA) is 176 Å². The summed E-state index contributed by atoms with van der Waals surface area (Å²) in [5.41, 5.74) is 0. The second-order valence-corrected chi connectivity index (χ2v) is 3.75. The molecule has 0 radical (unpaired) electrons. The van der Waals surface area contributed by atoms with E-state index in [1.165, 1.54) is 0 Å². The zero-order valence-corrected chi connectivity index (χ0v) is 9.01. The summed E-state index contributed by atoms with van der Waals surface area (Å²) < 4.78 is 8.88. The summed E-state index contributed by atoms with van der Waals surface area (Å²) >= 11 is 0. The molecular formula is C6H15O9P. The van der Waals surface area contributed by atoms with Crippen molar-refractivity contribution in [3.8, 4) is 0 Å². The van der Waals surface area contributed by atoms with Gasteiger partial charge in [-0.05, 0) is 0 Å². The van der Waals surface area contributed by atoms with E-state index in [1.54, 1.807) is 0 Å². The van der Waals surface area contributed by atoms with Crippen LogP contribution < -0.4 is 0 Å². The Labute approximate surface area is 90.8 Å². The molecule has 3 unspecified atom stereocenters. The lowest BCUT2D eigenvalue weighted by Gasteiger charge is -2.19. The molecule has 0 amide bonds. The number of carbonyl (C=O) groups excluding carboxylic acids is 1. The van der Waals surface area contributed by atoms with Crippen LogP contribution in [0.4, 0.5) is 0 Å². The van der Waals surface area contributed by atoms with Gasteiger partial charge >= 0.3 is 7.82 Å². The number of hydrogen-bond acceptors (Lipinski definition) is 6. The van der Waals surface area contributed by atoms with Gasteiger partial charge in [0, 0.05) is 6.42 Å². The van der Waals surface area contributed by atoms with Crippen molar-refractivity contribution in [1.82, 2.24) is 0 Å². The van der Waals surface area contributed by atoms with Gasteiger partial charge in [0.2, 0.25) is 0 Å². The summed E-state index contributed by atoms with van der Waals surface area (Å²) in [6.45, 7) is -0.642. The van der Waals surface area contributed by atoms with Crippen LogP contribution in [0.5, 0.6) is 0 Å². The van der Waals surface area contributed by atoms with Crippen LogP contribution in [0.25, 0.3) is 0 Å². The van der Waals surface area contributed by atoms with Gasteiger partial charge in [0.05, 0.1) is 12.7 Å². The molecule has 0 saturated carbocycles. The second kappa shape index (κ2) is 8.74. The quantitative estimate of drug-likeness (QED) is 0.198. The minimum absolute atomic E-state index is 0.252. The van der Waals surface area contributed by atoms with Gasteiger partial charge in [0.25, 0.3) is 0 Å². The van der Waals surface area contributed by atoms with Gasteiger partial charge in [-0.3, -0.25) is 0 Å². The van der Waals surface area contributed by atoms with Crippen molar-refractivity contribution < 1.29 is 44.5 Å². The van der Waals surface area contributed by atoms with Crippen molar-refractivity contribution in [2.45, 2.75) is 24.7 Å². The van der Waals surface area contributed by atoms with Gasteiger partial charge in [-0.1, -0.05) is 0 Å². The van der Waals surface area contributed by atoms with Gasteiger partial charge in [-0.2, -0.15) is 0 Å². The Morgan fingerprint density at radius 1 is 1.06 bits per heavy atom. The first kappa shape index (κ1) is 18.0. The number of carbonyl (C=O) groups is 1. The van der Waals surface area contributed by atoms with Crippen molar-refractivity contribution in [2.24, 2.45) is 0 Å². The predicted molar refractivity (Wildman–Crippen MR) is 50.1 cm³/mol. The van der Waals surface area contributed by atoms with Gasteiger partial charge in [-0.15, -0.1) is 0 Å². The maximum absolute atomic E-state index is 9.82. The van der Waals surface area contributed by atoms with Crippen molar-refractivity contribution in [2.75, 3.05) is 6.61 Å². The van der Waals surface area contributed by atoms with Crippen molar-refractivity contribution >= 4 is 14.1 Å². The van der Waals surface area contributed by atoms with Crippen molar-refractivity contribution in [3.05, 3.63) is 0 Å². The van der Waals surface area contributed by atoms with E-state index in [0.717, 1.165) is 0 Å². The highest BCUT2D eigenvalue weighted by Crippen LogP contribution is 2.25. The Morgan fingerprint density at radius 3 is 1.69 bits per heavy atom. The summed E-state index contributed by atoms with van der Waals surface area (Å²) in [7, 11) is -4.64. The molecule has 0 saturated heterocycles. The summed E-state index contributed by atoms with van der Waals surface area (Å²) in [6, 6.07) is 0. The van der Waals surface area contributed by atoms with Gasteiger partial charge < -0.3 is 39.9 Å². The Bertz CT molecular complexity index is 218. The van der Waals surface area contributed by atoms with Crippen molar-refractivity contribution in [3.63, 3.8) is 0 Å². The third-order valence-electron chi connectivity index (χ3n) is 1.31. The molecule has 0 heterocycles. The van der Waals surface area contributed by atoms with Gasteiger partial charge in [0.15, 0.2) is 0 Å². The molecule has 0 aliphatic carbocycles. The van der Waals surface area contributed by atoms with Gasteiger partial charge in [0.1, 0.15) is 18.5 Å². The largest absolute Gasteiger partial charge is 0.466 e. The highest BCUT2D eigenvalue weighted by Gasteiger charge is 2.23. The Balaban J connectivity index is 0. The summed E-state index contributed by atoms with van der Waals surface area (Å²) in [5.74, 6) is 0. The molecule has 0 aromatic heterocycles. The molecule has 0 spiro atoms. The maximum Gasteiger partial charge on any atom is 0.466 e. The van der Waals surface area contributed by atoms with Crippen LogP contribution in [0, 0.1) is 0 Å². The van der Waals surface area contributed by atoms with Crippen LogP contribution in [-0.4, -0.2) is 66.3 Å². The summed E-state index contributed by atoms with van der Waals surface area (Å²) in [6.07, 6.45) is -4.00. The number of aliphatic hydroxyl groups excluding tert-OH is 4. The van der Waals surface area contributed by atoms with Crippen LogP contribution in [-0.2, 0) is 9.36 Å². The SMILES string of the molecule is O=CCC(O)C(O)C(O)CO.O=P(O)(O)O. The van der Waals surface area contributed by atoms with E-state index in [1.807, 2.05) is 0 Å². The van der Waals surface area contributed by atoms with E-state index >= 15 is 0 Å². The molecule has 9 nitrogen and oxygen atoms in total. The summed E-state index contributed by atoms with van der Waals surface area (Å²) in [5, 5.41) is 34.8. The first-order valence-electron chi connectivity index (χ1n) is 4.00. The summed E-state index contributed by atoms with van der Waals surface area (Å²) in [4.78, 5) is 31.4. The van der Waals surface area contributed by atoms with Crippen LogP contribution in [0.15, 0.2) is 0 Å². The lowest BCUT2D eigenvalue weighted by atomic mass is 10.1. The van der Waals surface area contributed by atoms with Crippen LogP contribution in [0.1, 0.15) is 6.42 Å². The Morgan fingerprint density at radius 2 is 1.44 bits per heavy atom. The number of aliphatic hydroxyl groups is 4. The average Bonchev–Trinajstić information content (AvgIpc) is 2.13. The lowest BCUT2D eigenvalue weighted by molar-refractivity contribution is -0.115. The third kappa shape index (κ3) is 13.6. The minimum Gasteiger partial charge on any atom is -0.394 e. The fourth-order valence-corrected chi connectivity index (χ4v) is 0.602. The first-order chi connectivity index (χ1) is 7.13. The average molecular weight is 262 g/mol. The molecule has 10 heteroatoms. The second-order valence-electron chi connectivity index (χ2n) is 2.72. The zero-order chi connectivity index (χ0) is 13.4. The number of aldehydes is 1. The smallest absolute Gasteiger partial charge is 0.394 e. The van der Waals surface area contributed by atoms with E-state index in [9.17, 15) is 4.79 Å². The van der Waals surface area contributed by atoms with Crippen molar-refractivity contribution in [1.29, 1.82) is 0 Å². The fourth-order valence-electron chi connectivity index (χ4n) is 0.602. The highest BCUT2D eigenvalue weighted by atomic mass is 31.2. The number of rotatable bonds is 5. The molecule has 3 atom stereocenters. The third-order valence-corrected chi connectivity index (χ3v) is 1.31. The molecule has 0 aliphatic heterocycles. The molecule has 0 rings (SSSR count). The highest BCUT2D eigenvalue weighted by molar-refractivity contribution is 7.45. The predicted octanol–water partition coefficient (Wildman–Crippen LogP) is -3.28. The zero-order valence-electron chi connectivity index (χ0n) is 8.12. The van der Waals surface area contributed by atoms with Crippen LogP contribution in [0.3, 0.4) is 0 Å². The van der Waals surface area contributed by atoms with Crippen LogP contribution >= 0.6 is 7.82 Å². The normalized spacial score (nSPS) is 16.7. The Kier molecular flexibility index (Phi) is 9.83. The molecule has 7 N–H and O–H groups in total. The lowest BCUT2D eigenvalue weighted by Crippen LogP contribution is -2.39. The van der Waals surface area contributed by atoms with Crippen LogP contribution in [0.2, 0.25) is 0 Å². The van der Waals surface area contributed by atoms with E-state index in [4.69, 9.17) is 39.7 Å². The van der Waals surface area contributed by atoms with E-state index in [2.05, 4.69) is 0 Å².